The molecule has 13 heteroatoms. The first-order valence-corrected chi connectivity index (χ1v) is 16.9. The Morgan fingerprint density at radius 2 is 1.65 bits per heavy atom. The molecule has 0 radical (unpaired) electrons. The van der Waals surface area contributed by atoms with Crippen LogP contribution in [0.5, 0.6) is 0 Å². The number of piperazine rings is 1. The maximum absolute atomic E-state index is 13.4. The van der Waals surface area contributed by atoms with Crippen LogP contribution < -0.4 is 4.90 Å². The fraction of sp³-hybridized carbons (Fsp3) is 0.500. The van der Waals surface area contributed by atoms with E-state index in [1.165, 1.54) is 21.3 Å². The lowest BCUT2D eigenvalue weighted by Gasteiger charge is -2.33. The largest absolute Gasteiger partial charge is 0.445 e. The standard InChI is InChI=1S/C30H39BrN4O7S/c1-30(2,3)42-29(38)34(15-7-14-31)25-20-27(36)35(21-25)24-10-12-26(13-11-24)43(39,40)33-18-16-32(17-19-33)28(37)41-22-23-8-5-4-6-9-23/h4-6,8-13,25H,7,14-22H2,1-3H3. The van der Waals surface area contributed by atoms with Crippen LogP contribution in [0, 0.1) is 0 Å². The smallest absolute Gasteiger partial charge is 0.410 e. The van der Waals surface area contributed by atoms with Gasteiger partial charge in [-0.15, -0.1) is 0 Å². The number of carbonyl (C=O) groups excluding carboxylic acids is 3. The summed E-state index contributed by atoms with van der Waals surface area (Å²) >= 11 is 3.40. The molecule has 0 aliphatic carbocycles. The number of carbonyl (C=O) groups is 3. The van der Waals surface area contributed by atoms with Crippen LogP contribution in [-0.2, 0) is 30.9 Å². The Labute approximate surface area is 261 Å². The van der Waals surface area contributed by atoms with Gasteiger partial charge >= 0.3 is 12.2 Å². The molecule has 2 aliphatic heterocycles. The number of anilines is 1. The third-order valence-corrected chi connectivity index (χ3v) is 9.67. The summed E-state index contributed by atoms with van der Waals surface area (Å²) in [6.07, 6.45) is -0.0745. The van der Waals surface area contributed by atoms with Gasteiger partial charge in [-0.3, -0.25) is 4.79 Å². The van der Waals surface area contributed by atoms with E-state index in [-0.39, 0.29) is 62.6 Å². The highest BCUT2D eigenvalue weighted by Gasteiger charge is 2.38. The molecule has 234 valence electrons. The molecule has 1 unspecified atom stereocenters. The zero-order valence-corrected chi connectivity index (χ0v) is 27.2. The van der Waals surface area contributed by atoms with Crippen LogP contribution in [-0.4, -0.2) is 96.9 Å². The molecular formula is C30H39BrN4O7S. The molecule has 2 aromatic rings. The minimum Gasteiger partial charge on any atom is -0.445 e. The first kappa shape index (κ1) is 32.7. The first-order valence-electron chi connectivity index (χ1n) is 14.3. The van der Waals surface area contributed by atoms with Crippen LogP contribution in [0.2, 0.25) is 0 Å². The van der Waals surface area contributed by atoms with E-state index in [2.05, 4.69) is 15.9 Å². The lowest BCUT2D eigenvalue weighted by Crippen LogP contribution is -2.50. The number of alkyl halides is 1. The zero-order valence-electron chi connectivity index (χ0n) is 24.8. The van der Waals surface area contributed by atoms with Crippen molar-refractivity contribution in [2.24, 2.45) is 0 Å². The summed E-state index contributed by atoms with van der Waals surface area (Å²) in [5, 5.41) is 0.708. The highest BCUT2D eigenvalue weighted by Crippen LogP contribution is 2.28. The van der Waals surface area contributed by atoms with Crippen molar-refractivity contribution in [2.75, 3.05) is 49.5 Å². The zero-order chi connectivity index (χ0) is 31.2. The molecule has 0 aromatic heterocycles. The molecule has 2 aliphatic rings. The molecule has 2 heterocycles. The molecule has 3 amide bonds. The van der Waals surface area contributed by atoms with Crippen molar-refractivity contribution >= 4 is 49.7 Å². The van der Waals surface area contributed by atoms with Gasteiger partial charge in [0.15, 0.2) is 0 Å². The molecule has 0 bridgehead atoms. The van der Waals surface area contributed by atoms with Crippen LogP contribution in [0.1, 0.15) is 39.2 Å². The first-order chi connectivity index (χ1) is 20.4. The van der Waals surface area contributed by atoms with E-state index in [4.69, 9.17) is 9.47 Å². The maximum atomic E-state index is 13.4. The Morgan fingerprint density at radius 1 is 1.00 bits per heavy atom. The van der Waals surface area contributed by atoms with Crippen molar-refractivity contribution in [3.8, 4) is 0 Å². The van der Waals surface area contributed by atoms with E-state index in [9.17, 15) is 22.8 Å². The molecule has 0 spiro atoms. The fourth-order valence-corrected chi connectivity index (χ4v) is 6.66. The Balaban J connectivity index is 1.35. The summed E-state index contributed by atoms with van der Waals surface area (Å²) in [6, 6.07) is 15.2. The summed E-state index contributed by atoms with van der Waals surface area (Å²) in [6.45, 7) is 7.02. The molecular weight excluding hydrogens is 640 g/mol. The SMILES string of the molecule is CC(C)(C)OC(=O)N(CCCBr)C1CC(=O)N(c2ccc(S(=O)(=O)N3CCN(C(=O)OCc4ccccc4)CC3)cc2)C1. The van der Waals surface area contributed by atoms with E-state index in [0.717, 1.165) is 5.56 Å². The Bertz CT molecular complexity index is 1380. The quantitative estimate of drug-likeness (QED) is 0.360. The van der Waals surface area contributed by atoms with E-state index >= 15 is 0 Å². The monoisotopic (exact) mass is 678 g/mol. The van der Waals surface area contributed by atoms with E-state index in [0.29, 0.717) is 24.0 Å². The van der Waals surface area contributed by atoms with Gasteiger partial charge in [-0.2, -0.15) is 4.31 Å². The maximum Gasteiger partial charge on any atom is 0.410 e. The molecule has 0 N–H and O–H groups in total. The van der Waals surface area contributed by atoms with Crippen LogP contribution in [0.15, 0.2) is 59.5 Å². The number of rotatable bonds is 9. The minimum absolute atomic E-state index is 0.104. The number of hydrogen-bond donors (Lipinski definition) is 0. The highest BCUT2D eigenvalue weighted by molar-refractivity contribution is 9.09. The van der Waals surface area contributed by atoms with Crippen molar-refractivity contribution in [3.05, 3.63) is 60.2 Å². The van der Waals surface area contributed by atoms with Crippen molar-refractivity contribution in [1.82, 2.24) is 14.1 Å². The van der Waals surface area contributed by atoms with Crippen molar-refractivity contribution < 1.29 is 32.3 Å². The summed E-state index contributed by atoms with van der Waals surface area (Å²) < 4.78 is 39.0. The van der Waals surface area contributed by atoms with Gasteiger partial charge in [-0.1, -0.05) is 46.3 Å². The molecule has 0 saturated carbocycles. The third kappa shape index (κ3) is 8.48. The summed E-state index contributed by atoms with van der Waals surface area (Å²) in [5.41, 5.74) is 0.773. The number of hydrogen-bond acceptors (Lipinski definition) is 7. The van der Waals surface area contributed by atoms with E-state index in [1.54, 1.807) is 42.7 Å². The molecule has 2 fully saturated rings. The topological polar surface area (TPSA) is 117 Å². The summed E-state index contributed by atoms with van der Waals surface area (Å²) in [7, 11) is -3.81. The molecule has 4 rings (SSSR count). The van der Waals surface area contributed by atoms with Crippen molar-refractivity contribution in [2.45, 2.75) is 56.8 Å². The van der Waals surface area contributed by atoms with Crippen molar-refractivity contribution in [1.29, 1.82) is 0 Å². The third-order valence-electron chi connectivity index (χ3n) is 7.19. The number of amides is 3. The average molecular weight is 680 g/mol. The van der Waals surface area contributed by atoms with Crippen molar-refractivity contribution in [3.63, 3.8) is 0 Å². The number of halogens is 1. The van der Waals surface area contributed by atoms with Gasteiger partial charge in [0.05, 0.1) is 10.9 Å². The van der Waals surface area contributed by atoms with E-state index in [1.807, 2.05) is 30.3 Å². The second-order valence-corrected chi connectivity index (χ2v) is 14.2. The predicted octanol–water partition coefficient (Wildman–Crippen LogP) is 4.46. The second-order valence-electron chi connectivity index (χ2n) is 11.5. The van der Waals surface area contributed by atoms with Gasteiger partial charge < -0.3 is 24.2 Å². The van der Waals surface area contributed by atoms with Gasteiger partial charge in [0, 0.05) is 56.7 Å². The summed E-state index contributed by atoms with van der Waals surface area (Å²) in [5.74, 6) is -0.150. The lowest BCUT2D eigenvalue weighted by molar-refractivity contribution is -0.117. The highest BCUT2D eigenvalue weighted by atomic mass is 79.9. The molecule has 2 aromatic carbocycles. The number of ether oxygens (including phenoxy) is 2. The Kier molecular flexibility index (Phi) is 10.7. The van der Waals surface area contributed by atoms with Crippen LogP contribution in [0.25, 0.3) is 0 Å². The van der Waals surface area contributed by atoms with Gasteiger partial charge in [-0.05, 0) is 57.0 Å². The Hall–Kier alpha value is -3.16. The summed E-state index contributed by atoms with van der Waals surface area (Å²) in [4.78, 5) is 43.2. The van der Waals surface area contributed by atoms with Gasteiger partial charge in [0.25, 0.3) is 0 Å². The molecule has 11 nitrogen and oxygen atoms in total. The van der Waals surface area contributed by atoms with Gasteiger partial charge in [0.2, 0.25) is 15.9 Å². The van der Waals surface area contributed by atoms with Crippen LogP contribution in [0.4, 0.5) is 15.3 Å². The number of nitrogens with zero attached hydrogens (tertiary/aromatic N) is 4. The fourth-order valence-electron chi connectivity index (χ4n) is 4.99. The van der Waals surface area contributed by atoms with Gasteiger partial charge in [-0.25, -0.2) is 18.0 Å². The Morgan fingerprint density at radius 3 is 2.26 bits per heavy atom. The normalized spacial score (nSPS) is 18.0. The number of benzene rings is 2. The number of sulfonamides is 1. The van der Waals surface area contributed by atoms with Gasteiger partial charge in [0.1, 0.15) is 12.2 Å². The van der Waals surface area contributed by atoms with Crippen LogP contribution >= 0.6 is 15.9 Å². The molecule has 43 heavy (non-hydrogen) atoms. The minimum atomic E-state index is -3.81. The molecule has 2 saturated heterocycles. The van der Waals surface area contributed by atoms with E-state index < -0.39 is 27.8 Å². The molecule has 1 atom stereocenters. The average Bonchev–Trinajstić information content (AvgIpc) is 3.36. The predicted molar refractivity (Wildman–Crippen MR) is 166 cm³/mol. The second kappa shape index (κ2) is 14.1. The van der Waals surface area contributed by atoms with Crippen LogP contribution in [0.3, 0.4) is 0 Å². The lowest BCUT2D eigenvalue weighted by atomic mass is 10.2.